The number of fused-ring (bicyclic) bond motifs is 1. The Bertz CT molecular complexity index is 1620. The van der Waals surface area contributed by atoms with Crippen LogP contribution in [0, 0.1) is 17.3 Å². The summed E-state index contributed by atoms with van der Waals surface area (Å²) in [6.07, 6.45) is 4.17. The molecule has 7 atom stereocenters. The van der Waals surface area contributed by atoms with Gasteiger partial charge in [0, 0.05) is 18.5 Å². The fourth-order valence-corrected chi connectivity index (χ4v) is 8.95. The van der Waals surface area contributed by atoms with Crippen LogP contribution in [-0.4, -0.2) is 81.6 Å². The molecule has 0 unspecified atom stereocenters. The third kappa shape index (κ3) is 7.74. The van der Waals surface area contributed by atoms with Crippen LogP contribution in [0.25, 0.3) is 0 Å². The molecule has 5 rings (SSSR count). The zero-order valence-electron chi connectivity index (χ0n) is 31.3. The molecule has 10 heteroatoms. The molecule has 2 bridgehead atoms. The van der Waals surface area contributed by atoms with E-state index >= 15 is 4.79 Å². The maximum Gasteiger partial charge on any atom is 0.313 e. The number of hydrogen-bond acceptors (Lipinski definition) is 7. The van der Waals surface area contributed by atoms with E-state index in [-0.39, 0.29) is 36.7 Å². The number of benzene rings is 2. The first-order valence-corrected chi connectivity index (χ1v) is 18.4. The Morgan fingerprint density at radius 1 is 1.04 bits per heavy atom. The first-order chi connectivity index (χ1) is 24.7. The highest BCUT2D eigenvalue weighted by Gasteiger charge is 2.76. The topological polar surface area (TPSA) is 125 Å². The fourth-order valence-electron chi connectivity index (χ4n) is 8.95. The van der Waals surface area contributed by atoms with Crippen molar-refractivity contribution in [3.63, 3.8) is 0 Å². The fraction of sp³-hybridized carbons (Fsp3) is 0.524. The molecule has 0 aromatic heterocycles. The Labute approximate surface area is 308 Å². The lowest BCUT2D eigenvalue weighted by molar-refractivity contribution is -0.161. The van der Waals surface area contributed by atoms with Crippen LogP contribution >= 0.6 is 0 Å². The van der Waals surface area contributed by atoms with Crippen LogP contribution in [0.4, 0.5) is 0 Å². The Morgan fingerprint density at radius 3 is 2.25 bits per heavy atom. The van der Waals surface area contributed by atoms with E-state index in [1.165, 1.54) is 4.90 Å². The van der Waals surface area contributed by atoms with Gasteiger partial charge >= 0.3 is 5.97 Å². The third-order valence-corrected chi connectivity index (χ3v) is 10.7. The second-order valence-electron chi connectivity index (χ2n) is 16.2. The molecule has 3 amide bonds. The lowest BCUT2D eigenvalue weighted by Gasteiger charge is -2.46. The van der Waals surface area contributed by atoms with Crippen molar-refractivity contribution in [3.8, 4) is 0 Å². The summed E-state index contributed by atoms with van der Waals surface area (Å²) in [7, 11) is 0. The summed E-state index contributed by atoms with van der Waals surface area (Å²) in [5.74, 6) is -3.56. The molecule has 0 aliphatic carbocycles. The van der Waals surface area contributed by atoms with Crippen molar-refractivity contribution in [3.05, 3.63) is 97.1 Å². The van der Waals surface area contributed by atoms with Crippen LogP contribution in [0.3, 0.4) is 0 Å². The van der Waals surface area contributed by atoms with Gasteiger partial charge in [-0.15, -0.1) is 13.2 Å². The Kier molecular flexibility index (Phi) is 11.8. The average Bonchev–Trinajstić information content (AvgIpc) is 3.75. The third-order valence-electron chi connectivity index (χ3n) is 10.7. The molecule has 3 heterocycles. The van der Waals surface area contributed by atoms with E-state index in [0.29, 0.717) is 36.8 Å². The van der Waals surface area contributed by atoms with Gasteiger partial charge in [0.25, 0.3) is 0 Å². The summed E-state index contributed by atoms with van der Waals surface area (Å²) >= 11 is 0. The van der Waals surface area contributed by atoms with Crippen LogP contribution in [-0.2, 0) is 28.7 Å². The summed E-state index contributed by atoms with van der Waals surface area (Å²) in [5, 5.41) is 13.8. The van der Waals surface area contributed by atoms with Crippen molar-refractivity contribution >= 4 is 23.7 Å². The first-order valence-electron chi connectivity index (χ1n) is 18.4. The number of carbonyl (C=O) groups excluding carboxylic acids is 4. The molecule has 2 aromatic rings. The summed E-state index contributed by atoms with van der Waals surface area (Å²) in [4.78, 5) is 60.4. The predicted octanol–water partition coefficient (Wildman–Crippen LogP) is 5.69. The quantitative estimate of drug-likeness (QED) is 0.169. The number of nitrogens with one attached hydrogen (secondary N) is 1. The highest BCUT2D eigenvalue weighted by molar-refractivity contribution is 5.98. The largest absolute Gasteiger partial charge is 0.455 e. The van der Waals surface area contributed by atoms with Crippen molar-refractivity contribution in [2.45, 2.75) is 102 Å². The summed E-state index contributed by atoms with van der Waals surface area (Å²) < 4.78 is 13.0. The number of aliphatic hydroxyl groups excluding tert-OH is 1. The maximum atomic E-state index is 15.2. The lowest BCUT2D eigenvalue weighted by Crippen LogP contribution is -2.61. The Morgan fingerprint density at radius 2 is 1.67 bits per heavy atom. The number of carbonyl (C=O) groups is 4. The van der Waals surface area contributed by atoms with E-state index in [0.717, 1.165) is 0 Å². The van der Waals surface area contributed by atoms with E-state index in [1.54, 1.807) is 17.1 Å². The van der Waals surface area contributed by atoms with Crippen LogP contribution in [0.15, 0.2) is 86.0 Å². The monoisotopic (exact) mass is 713 g/mol. The number of ether oxygens (including phenoxy) is 2. The van der Waals surface area contributed by atoms with Crippen molar-refractivity contribution < 1.29 is 33.8 Å². The molecule has 3 saturated heterocycles. The number of allylic oxidation sites excluding steroid dienone is 1. The number of hydrogen-bond donors (Lipinski definition) is 2. The van der Waals surface area contributed by atoms with Gasteiger partial charge in [0.05, 0.1) is 37.1 Å². The Hall–Kier alpha value is -4.28. The van der Waals surface area contributed by atoms with Gasteiger partial charge in [-0.3, -0.25) is 19.2 Å². The standard InChI is InChI=1S/C42H55N3O7/c1-8-10-21-33(47)43-25-32(29-19-15-12-16-20-29)51-39(50)34-31-22-23-42(52-31)35(34)37(48)45(30(26-46)28-17-13-11-14-18-28)36(42)38(49)44(24-9-2)41(6,7)27-40(3,4)5/h8-9,11-20,30-32,34-36,46H,1-2,10,21-27H2,3-7H3,(H,43,47)/t30-,31-,32-,34+,35+,36-,42+/m1/s1. The number of esters is 1. The number of amides is 3. The van der Waals surface area contributed by atoms with Gasteiger partial charge in [0.15, 0.2) is 0 Å². The first kappa shape index (κ1) is 38.9. The predicted molar refractivity (Wildman–Crippen MR) is 198 cm³/mol. The van der Waals surface area contributed by atoms with Gasteiger partial charge < -0.3 is 29.7 Å². The number of aliphatic hydroxyl groups is 1. The summed E-state index contributed by atoms with van der Waals surface area (Å²) in [6, 6.07) is 16.3. The van der Waals surface area contributed by atoms with Crippen LogP contribution in [0.1, 0.15) is 90.0 Å². The van der Waals surface area contributed by atoms with Gasteiger partial charge in [-0.05, 0) is 56.1 Å². The minimum Gasteiger partial charge on any atom is -0.455 e. The van der Waals surface area contributed by atoms with E-state index in [9.17, 15) is 19.5 Å². The highest BCUT2D eigenvalue weighted by atomic mass is 16.6. The number of rotatable bonds is 16. The number of likely N-dealkylation sites (tertiary alicyclic amines) is 1. The molecule has 1 spiro atoms. The molecular weight excluding hydrogens is 658 g/mol. The van der Waals surface area contributed by atoms with Gasteiger partial charge in [-0.2, -0.15) is 0 Å². The van der Waals surface area contributed by atoms with Crippen LogP contribution in [0.5, 0.6) is 0 Å². The highest BCUT2D eigenvalue weighted by Crippen LogP contribution is 2.60. The minimum atomic E-state index is -1.32. The van der Waals surface area contributed by atoms with Gasteiger partial charge in [0.2, 0.25) is 17.7 Å². The molecular formula is C42H55N3O7. The van der Waals surface area contributed by atoms with Gasteiger partial charge in [0.1, 0.15) is 17.7 Å². The molecule has 2 N–H and O–H groups in total. The van der Waals surface area contributed by atoms with Crippen molar-refractivity contribution in [2.75, 3.05) is 19.7 Å². The van der Waals surface area contributed by atoms with E-state index < -0.39 is 65.8 Å². The van der Waals surface area contributed by atoms with E-state index in [2.05, 4.69) is 39.2 Å². The van der Waals surface area contributed by atoms with E-state index in [4.69, 9.17) is 9.47 Å². The zero-order valence-corrected chi connectivity index (χ0v) is 31.3. The van der Waals surface area contributed by atoms with Gasteiger partial charge in [-0.1, -0.05) is 93.6 Å². The molecule has 52 heavy (non-hydrogen) atoms. The average molecular weight is 714 g/mol. The summed E-state index contributed by atoms with van der Waals surface area (Å²) in [5.41, 5.74) is -0.714. The lowest BCUT2D eigenvalue weighted by atomic mass is 9.70. The molecule has 10 nitrogen and oxygen atoms in total. The maximum absolute atomic E-state index is 15.2. The van der Waals surface area contributed by atoms with Crippen molar-refractivity contribution in [1.29, 1.82) is 0 Å². The van der Waals surface area contributed by atoms with Crippen molar-refractivity contribution in [2.24, 2.45) is 17.3 Å². The smallest absolute Gasteiger partial charge is 0.313 e. The second kappa shape index (κ2) is 15.8. The Balaban J connectivity index is 1.54. The molecule has 3 fully saturated rings. The molecule has 0 radical (unpaired) electrons. The van der Waals surface area contributed by atoms with Crippen LogP contribution in [0.2, 0.25) is 0 Å². The van der Waals surface area contributed by atoms with E-state index in [1.807, 2.05) is 74.5 Å². The summed E-state index contributed by atoms with van der Waals surface area (Å²) in [6.45, 7) is 17.9. The van der Waals surface area contributed by atoms with Crippen LogP contribution < -0.4 is 5.32 Å². The zero-order chi connectivity index (χ0) is 37.8. The molecule has 2 aromatic carbocycles. The SMILES string of the molecule is C=CCCC(=O)NC[C@@H](OC(=O)[C@@H]1[C@H]2C(=O)N([C@H](CO)c3ccccc3)[C@H](C(=O)N(CC=C)C(C)(C)CC(C)(C)C)[C@]23CC[C@H]1O3)c1ccccc1. The second-order valence-corrected chi connectivity index (χ2v) is 16.2. The van der Waals surface area contributed by atoms with Gasteiger partial charge in [-0.25, -0.2) is 0 Å². The number of nitrogens with zero attached hydrogens (tertiary/aromatic N) is 2. The van der Waals surface area contributed by atoms with Crippen molar-refractivity contribution in [1.82, 2.24) is 15.1 Å². The molecule has 0 saturated carbocycles. The minimum absolute atomic E-state index is 0.0426. The normalized spacial score (nSPS) is 24.9. The molecule has 3 aliphatic rings. The molecule has 3 aliphatic heterocycles. The molecule has 280 valence electrons.